The Labute approximate surface area is 325 Å². The van der Waals surface area contributed by atoms with Crippen LogP contribution in [0.3, 0.4) is 0 Å². The molecule has 262 valence electrons. The smallest absolute Gasteiger partial charge is 0.165 e. The van der Waals surface area contributed by atoms with Crippen molar-refractivity contribution in [2.45, 2.75) is 0 Å². The van der Waals surface area contributed by atoms with Gasteiger partial charge in [-0.1, -0.05) is 158 Å². The molecule has 0 saturated heterocycles. The van der Waals surface area contributed by atoms with Crippen molar-refractivity contribution in [1.29, 1.82) is 5.26 Å². The van der Waals surface area contributed by atoms with Crippen LogP contribution in [0.1, 0.15) is 5.56 Å². The first kappa shape index (κ1) is 33.9. The molecule has 0 aliphatic carbocycles. The molecule has 0 aliphatic heterocycles. The lowest BCUT2D eigenvalue weighted by molar-refractivity contribution is 1.07. The lowest BCUT2D eigenvalue weighted by Gasteiger charge is -2.12. The molecule has 56 heavy (non-hydrogen) atoms. The Bertz CT molecular complexity index is 2870. The van der Waals surface area contributed by atoms with Gasteiger partial charge in [-0.3, -0.25) is 0 Å². The van der Waals surface area contributed by atoms with E-state index in [1.807, 2.05) is 84.9 Å². The number of hydrogen-bond donors (Lipinski definition) is 0. The Kier molecular flexibility index (Phi) is 9.23. The van der Waals surface area contributed by atoms with Crippen LogP contribution in [-0.4, -0.2) is 24.9 Å². The standard InChI is InChI=1S/C50H32N6/c51-33-43-21-10-11-28-44(43)50-55-47(36-19-8-3-9-20-36)54-49(56-50)42-27-14-24-39(31-42)38-23-12-25-40(29-38)46-32-45(35-17-6-2-7-18-35)52-48(53-46)41-26-13-22-37(30-41)34-15-4-1-5-16-34/h1-32H. The Morgan fingerprint density at radius 2 is 0.679 bits per heavy atom. The number of rotatable bonds is 8. The highest BCUT2D eigenvalue weighted by molar-refractivity contribution is 5.79. The van der Waals surface area contributed by atoms with Crippen molar-refractivity contribution in [1.82, 2.24) is 24.9 Å². The van der Waals surface area contributed by atoms with Crippen molar-refractivity contribution in [2.24, 2.45) is 0 Å². The zero-order valence-electron chi connectivity index (χ0n) is 30.2. The second-order valence-corrected chi connectivity index (χ2v) is 13.3. The van der Waals surface area contributed by atoms with Crippen molar-refractivity contribution < 1.29 is 0 Å². The van der Waals surface area contributed by atoms with Gasteiger partial charge in [-0.25, -0.2) is 24.9 Å². The van der Waals surface area contributed by atoms with E-state index in [0.717, 1.165) is 61.5 Å². The topological polar surface area (TPSA) is 88.2 Å². The molecular formula is C50H32N6. The molecule has 0 bridgehead atoms. The molecule has 0 unspecified atom stereocenters. The molecule has 6 nitrogen and oxygen atoms in total. The first-order chi connectivity index (χ1) is 27.7. The minimum absolute atomic E-state index is 0.446. The maximum absolute atomic E-state index is 9.89. The number of nitrogens with zero attached hydrogens (tertiary/aromatic N) is 6. The maximum Gasteiger partial charge on any atom is 0.165 e. The Morgan fingerprint density at radius 3 is 1.29 bits per heavy atom. The quantitative estimate of drug-likeness (QED) is 0.156. The summed E-state index contributed by atoms with van der Waals surface area (Å²) >= 11 is 0. The third-order valence-corrected chi connectivity index (χ3v) is 9.59. The lowest BCUT2D eigenvalue weighted by Crippen LogP contribution is -2.01. The van der Waals surface area contributed by atoms with E-state index in [1.54, 1.807) is 6.07 Å². The SMILES string of the molecule is N#Cc1ccccc1-c1nc(-c2ccccc2)nc(-c2cccc(-c3cccc(-c4cc(-c5ccccc5)nc(-c5cccc(-c6ccccc6)c5)n4)c3)c2)n1. The summed E-state index contributed by atoms with van der Waals surface area (Å²) in [6.07, 6.45) is 0. The average molecular weight is 717 g/mol. The van der Waals surface area contributed by atoms with Gasteiger partial charge in [0.2, 0.25) is 0 Å². The first-order valence-electron chi connectivity index (χ1n) is 18.3. The van der Waals surface area contributed by atoms with E-state index in [9.17, 15) is 5.26 Å². The number of benzene rings is 7. The molecule has 2 heterocycles. The van der Waals surface area contributed by atoms with Gasteiger partial charge in [0.15, 0.2) is 23.3 Å². The highest BCUT2D eigenvalue weighted by Crippen LogP contribution is 2.33. The fourth-order valence-corrected chi connectivity index (χ4v) is 6.76. The van der Waals surface area contributed by atoms with E-state index < -0.39 is 0 Å². The van der Waals surface area contributed by atoms with Gasteiger partial charge in [0.05, 0.1) is 23.0 Å². The van der Waals surface area contributed by atoms with Gasteiger partial charge in [-0.2, -0.15) is 5.26 Å². The van der Waals surface area contributed by atoms with Crippen LogP contribution in [0, 0.1) is 11.3 Å². The first-order valence-corrected chi connectivity index (χ1v) is 18.3. The molecule has 7 aromatic carbocycles. The van der Waals surface area contributed by atoms with Crippen LogP contribution < -0.4 is 0 Å². The van der Waals surface area contributed by atoms with Crippen LogP contribution in [0.4, 0.5) is 0 Å². The van der Waals surface area contributed by atoms with E-state index in [1.165, 1.54) is 0 Å². The lowest BCUT2D eigenvalue weighted by atomic mass is 9.98. The van der Waals surface area contributed by atoms with Crippen molar-refractivity contribution in [2.75, 3.05) is 0 Å². The third kappa shape index (κ3) is 7.08. The zero-order chi connectivity index (χ0) is 37.7. The van der Waals surface area contributed by atoms with Gasteiger partial charge in [0, 0.05) is 33.4 Å². The second-order valence-electron chi connectivity index (χ2n) is 13.3. The normalized spacial score (nSPS) is 10.8. The minimum Gasteiger partial charge on any atom is -0.228 e. The maximum atomic E-state index is 9.89. The van der Waals surface area contributed by atoms with Gasteiger partial charge < -0.3 is 0 Å². The molecule has 0 aliphatic rings. The molecule has 0 N–H and O–H groups in total. The summed E-state index contributed by atoms with van der Waals surface area (Å²) in [6, 6.07) is 67.1. The molecule has 0 saturated carbocycles. The third-order valence-electron chi connectivity index (χ3n) is 9.59. The van der Waals surface area contributed by atoms with Gasteiger partial charge in [-0.05, 0) is 58.7 Å². The molecule has 0 fully saturated rings. The summed E-state index contributed by atoms with van der Waals surface area (Å²) in [6.45, 7) is 0. The van der Waals surface area contributed by atoms with Gasteiger partial charge in [-0.15, -0.1) is 0 Å². The molecule has 0 radical (unpaired) electrons. The monoisotopic (exact) mass is 716 g/mol. The minimum atomic E-state index is 0.446. The van der Waals surface area contributed by atoms with Gasteiger partial charge >= 0.3 is 0 Å². The second kappa shape index (κ2) is 15.2. The molecule has 9 aromatic rings. The largest absolute Gasteiger partial charge is 0.228 e. The fraction of sp³-hybridized carbons (Fsp3) is 0. The molecule has 9 rings (SSSR count). The van der Waals surface area contributed by atoms with Crippen molar-refractivity contribution in [3.8, 4) is 96.4 Å². The molecule has 0 amide bonds. The fourth-order valence-electron chi connectivity index (χ4n) is 6.76. The van der Waals surface area contributed by atoms with Crippen LogP contribution in [0.15, 0.2) is 194 Å². The van der Waals surface area contributed by atoms with Crippen molar-refractivity contribution in [3.63, 3.8) is 0 Å². The number of nitriles is 1. The molecule has 0 atom stereocenters. The van der Waals surface area contributed by atoms with Crippen molar-refractivity contribution >= 4 is 0 Å². The summed E-state index contributed by atoms with van der Waals surface area (Å²) in [4.78, 5) is 24.9. The molecular weight excluding hydrogens is 685 g/mol. The summed E-state index contributed by atoms with van der Waals surface area (Å²) in [7, 11) is 0. The van der Waals surface area contributed by atoms with Crippen molar-refractivity contribution in [3.05, 3.63) is 200 Å². The molecule has 2 aromatic heterocycles. The van der Waals surface area contributed by atoms with E-state index in [4.69, 9.17) is 24.9 Å². The Morgan fingerprint density at radius 1 is 0.286 bits per heavy atom. The van der Waals surface area contributed by atoms with E-state index >= 15 is 0 Å². The summed E-state index contributed by atoms with van der Waals surface area (Å²) in [5.74, 6) is 2.16. The predicted molar refractivity (Wildman–Crippen MR) is 224 cm³/mol. The Balaban J connectivity index is 1.13. The van der Waals surface area contributed by atoms with Crippen LogP contribution in [0.5, 0.6) is 0 Å². The van der Waals surface area contributed by atoms with E-state index in [2.05, 4.69) is 109 Å². The van der Waals surface area contributed by atoms with E-state index in [-0.39, 0.29) is 0 Å². The van der Waals surface area contributed by atoms with Crippen LogP contribution >= 0.6 is 0 Å². The van der Waals surface area contributed by atoms with Crippen LogP contribution in [0.25, 0.3) is 90.3 Å². The average Bonchev–Trinajstić information content (AvgIpc) is 3.29. The molecule has 0 spiro atoms. The highest BCUT2D eigenvalue weighted by Gasteiger charge is 2.16. The molecule has 6 heteroatoms. The Hall–Kier alpha value is -7.88. The van der Waals surface area contributed by atoms with Gasteiger partial charge in [0.25, 0.3) is 0 Å². The van der Waals surface area contributed by atoms with Crippen LogP contribution in [-0.2, 0) is 0 Å². The predicted octanol–water partition coefficient (Wildman–Crippen LogP) is 11.9. The summed E-state index contributed by atoms with van der Waals surface area (Å²) < 4.78 is 0. The van der Waals surface area contributed by atoms with Crippen LogP contribution in [0.2, 0.25) is 0 Å². The van der Waals surface area contributed by atoms with Gasteiger partial charge in [0.1, 0.15) is 0 Å². The zero-order valence-corrected chi connectivity index (χ0v) is 30.2. The summed E-state index contributed by atoms with van der Waals surface area (Å²) in [5, 5.41) is 9.89. The van der Waals surface area contributed by atoms with E-state index in [0.29, 0.717) is 34.4 Å². The summed E-state index contributed by atoms with van der Waals surface area (Å²) in [5.41, 5.74) is 11.7. The number of aromatic nitrogens is 5. The number of hydrogen-bond acceptors (Lipinski definition) is 6. The highest BCUT2D eigenvalue weighted by atomic mass is 15.0.